The monoisotopic (exact) mass is 736 g/mol. The lowest BCUT2D eigenvalue weighted by Crippen LogP contribution is -2.55. The lowest BCUT2D eigenvalue weighted by Gasteiger charge is -2.38. The van der Waals surface area contributed by atoms with Gasteiger partial charge < -0.3 is 11.5 Å². The molecule has 276 valence electrons. The average molecular weight is 737 g/mol. The van der Waals surface area contributed by atoms with Crippen LogP contribution in [0.1, 0.15) is 97.1 Å². The minimum absolute atomic E-state index is 0.128. The van der Waals surface area contributed by atoms with Gasteiger partial charge in [0.2, 0.25) is 5.41 Å². The number of carbonyl (C=O) groups is 4. The van der Waals surface area contributed by atoms with Crippen molar-refractivity contribution in [3.05, 3.63) is 114 Å². The molecule has 4 aromatic rings. The zero-order valence-corrected chi connectivity index (χ0v) is 29.9. The van der Waals surface area contributed by atoms with Gasteiger partial charge in [0, 0.05) is 11.4 Å². The van der Waals surface area contributed by atoms with Gasteiger partial charge in [-0.2, -0.15) is 26.3 Å². The quantitative estimate of drug-likeness (QED) is 0.123. The maximum Gasteiger partial charge on any atom is 0.411 e. The van der Waals surface area contributed by atoms with Crippen LogP contribution in [0.2, 0.25) is 0 Å². The van der Waals surface area contributed by atoms with E-state index in [1.165, 1.54) is 0 Å². The van der Waals surface area contributed by atoms with E-state index in [-0.39, 0.29) is 11.4 Å². The molecule has 2 heterocycles. The van der Waals surface area contributed by atoms with Crippen LogP contribution in [0.5, 0.6) is 0 Å². The number of amides is 4. The fourth-order valence-corrected chi connectivity index (χ4v) is 7.65. The molecule has 2 aliphatic heterocycles. The van der Waals surface area contributed by atoms with Gasteiger partial charge in [-0.05, 0) is 135 Å². The van der Waals surface area contributed by atoms with Gasteiger partial charge in [-0.1, -0.05) is 12.1 Å². The highest BCUT2D eigenvalue weighted by Gasteiger charge is 2.73. The van der Waals surface area contributed by atoms with E-state index in [9.17, 15) is 19.2 Å². The van der Waals surface area contributed by atoms with Crippen LogP contribution >= 0.6 is 0 Å². The Hall–Kier alpha value is -5.66. The number of carbonyl (C=O) groups excluding carboxylic acids is 4. The molecule has 0 saturated carbocycles. The molecule has 4 N–H and O–H groups in total. The number of imide groups is 2. The van der Waals surface area contributed by atoms with Crippen molar-refractivity contribution in [2.24, 2.45) is 0 Å². The fourth-order valence-electron chi connectivity index (χ4n) is 7.65. The minimum atomic E-state index is -6.11. The van der Waals surface area contributed by atoms with Crippen LogP contribution in [-0.2, 0) is 5.41 Å². The molecule has 0 aliphatic carbocycles. The molecule has 0 saturated heterocycles. The van der Waals surface area contributed by atoms with Gasteiger partial charge in [-0.25, -0.2) is 9.80 Å². The Kier molecular flexibility index (Phi) is 8.17. The van der Waals surface area contributed by atoms with Gasteiger partial charge in [0.15, 0.2) is 0 Å². The predicted molar refractivity (Wildman–Crippen MR) is 188 cm³/mol. The minimum Gasteiger partial charge on any atom is -0.398 e. The SMILES string of the molecule is Cc1c(C)c(N2C(=O)c3ccc(C(c4ccc5c(c4)C(=O)N(c4c(C)c(C)c(N)c(C)c4C)C5=O)(C(F)(F)F)C(F)(F)F)cc3C2=O)c(C)c(C)c1N. The number of alkyl halides is 6. The van der Waals surface area contributed by atoms with Crippen LogP contribution in [0, 0.1) is 55.4 Å². The van der Waals surface area contributed by atoms with Crippen LogP contribution in [0.4, 0.5) is 49.1 Å². The van der Waals surface area contributed by atoms with Gasteiger partial charge in [0.25, 0.3) is 23.6 Å². The first-order valence-corrected chi connectivity index (χ1v) is 16.3. The van der Waals surface area contributed by atoms with Gasteiger partial charge in [0.1, 0.15) is 0 Å². The topological polar surface area (TPSA) is 127 Å². The van der Waals surface area contributed by atoms with Crippen molar-refractivity contribution in [2.45, 2.75) is 73.2 Å². The molecule has 4 aromatic carbocycles. The Morgan fingerprint density at radius 2 is 0.698 bits per heavy atom. The number of hydrogen-bond acceptors (Lipinski definition) is 6. The molecule has 0 bridgehead atoms. The molecule has 6 rings (SSSR count). The maximum absolute atomic E-state index is 15.4. The van der Waals surface area contributed by atoms with Crippen LogP contribution in [0.15, 0.2) is 36.4 Å². The van der Waals surface area contributed by atoms with Crippen molar-refractivity contribution in [3.63, 3.8) is 0 Å². The summed E-state index contributed by atoms with van der Waals surface area (Å²) in [4.78, 5) is 56.5. The Balaban J connectivity index is 1.55. The zero-order valence-electron chi connectivity index (χ0n) is 29.9. The maximum atomic E-state index is 15.4. The number of nitrogen functional groups attached to an aromatic ring is 2. The molecule has 0 aromatic heterocycles. The third kappa shape index (κ3) is 4.76. The molecular weight excluding hydrogens is 702 g/mol. The van der Waals surface area contributed by atoms with Gasteiger partial charge >= 0.3 is 12.4 Å². The molecule has 53 heavy (non-hydrogen) atoms. The number of fused-ring (bicyclic) bond motifs is 2. The number of rotatable bonds is 4. The van der Waals surface area contributed by atoms with Crippen LogP contribution < -0.4 is 21.3 Å². The van der Waals surface area contributed by atoms with Crippen molar-refractivity contribution in [2.75, 3.05) is 21.3 Å². The second-order valence-corrected chi connectivity index (χ2v) is 13.7. The fraction of sp³-hybridized carbons (Fsp3) is 0.282. The highest BCUT2D eigenvalue weighted by atomic mass is 19.4. The molecule has 4 amide bonds. The number of benzene rings is 4. The molecule has 2 aliphatic rings. The van der Waals surface area contributed by atoms with Gasteiger partial charge in [0.05, 0.1) is 33.6 Å². The molecule has 0 radical (unpaired) electrons. The van der Waals surface area contributed by atoms with Gasteiger partial charge in [-0.3, -0.25) is 19.2 Å². The van der Waals surface area contributed by atoms with Gasteiger partial charge in [-0.15, -0.1) is 0 Å². The van der Waals surface area contributed by atoms with E-state index >= 15 is 26.3 Å². The van der Waals surface area contributed by atoms with E-state index in [2.05, 4.69) is 0 Å². The molecular formula is C39H34F6N4O4. The zero-order chi connectivity index (χ0) is 39.6. The Morgan fingerprint density at radius 3 is 0.962 bits per heavy atom. The second kappa shape index (κ2) is 11.7. The van der Waals surface area contributed by atoms with Crippen molar-refractivity contribution in [3.8, 4) is 0 Å². The summed E-state index contributed by atoms with van der Waals surface area (Å²) in [5, 5.41) is 0. The molecule has 14 heteroatoms. The number of anilines is 4. The smallest absolute Gasteiger partial charge is 0.398 e. The van der Waals surface area contributed by atoms with Crippen LogP contribution in [0.3, 0.4) is 0 Å². The number of nitrogens with two attached hydrogens (primary N) is 2. The predicted octanol–water partition coefficient (Wildman–Crippen LogP) is 8.33. The Morgan fingerprint density at radius 1 is 0.434 bits per heavy atom. The first-order chi connectivity index (χ1) is 24.4. The summed E-state index contributed by atoms with van der Waals surface area (Å²) < 4.78 is 92.2. The lowest BCUT2D eigenvalue weighted by atomic mass is 9.71. The summed E-state index contributed by atoms with van der Waals surface area (Å²) in [5.41, 5.74) is 7.56. The number of halogens is 6. The van der Waals surface area contributed by atoms with E-state index in [4.69, 9.17) is 11.5 Å². The van der Waals surface area contributed by atoms with Crippen molar-refractivity contribution >= 4 is 46.4 Å². The third-order valence-corrected chi connectivity index (χ3v) is 11.2. The van der Waals surface area contributed by atoms with E-state index in [0.717, 1.165) is 21.9 Å². The van der Waals surface area contributed by atoms with E-state index in [1.54, 1.807) is 55.4 Å². The summed E-state index contributed by atoms with van der Waals surface area (Å²) in [7, 11) is 0. The van der Waals surface area contributed by atoms with Crippen LogP contribution in [-0.4, -0.2) is 36.0 Å². The molecule has 0 fully saturated rings. The molecule has 0 spiro atoms. The molecule has 0 unspecified atom stereocenters. The second-order valence-electron chi connectivity index (χ2n) is 13.7. The van der Waals surface area contributed by atoms with E-state index in [0.29, 0.717) is 80.1 Å². The first kappa shape index (κ1) is 37.1. The molecule has 8 nitrogen and oxygen atoms in total. The third-order valence-electron chi connectivity index (χ3n) is 11.2. The molecule has 0 atom stereocenters. The lowest BCUT2D eigenvalue weighted by molar-refractivity contribution is -0.288. The van der Waals surface area contributed by atoms with E-state index < -0.39 is 74.8 Å². The number of hydrogen-bond donors (Lipinski definition) is 2. The Bertz CT molecular complexity index is 2150. The van der Waals surface area contributed by atoms with Crippen LogP contribution in [0.25, 0.3) is 0 Å². The van der Waals surface area contributed by atoms with E-state index in [1.807, 2.05) is 0 Å². The normalized spacial score (nSPS) is 14.8. The summed E-state index contributed by atoms with van der Waals surface area (Å²) in [6.45, 7) is 13.0. The average Bonchev–Trinajstić information content (AvgIpc) is 3.47. The summed E-state index contributed by atoms with van der Waals surface area (Å²) in [6.07, 6.45) is -12.2. The highest BCUT2D eigenvalue weighted by molar-refractivity contribution is 6.36. The highest BCUT2D eigenvalue weighted by Crippen LogP contribution is 2.57. The standard InChI is InChI=1S/C39H34F6N4O4/c1-15-19(5)31(20(6)16(2)29(15)46)48-33(50)25-11-9-23(13-27(25)35(48)52)37(38(40,41)42,39(43,44)45)24-10-12-26-28(14-24)36(53)49(34(26)51)32-21(7)17(3)30(47)18(4)22(32)8/h9-14H,46-47H2,1-8H3. The number of nitrogens with zero attached hydrogens (tertiary/aromatic N) is 2. The first-order valence-electron chi connectivity index (χ1n) is 16.3. The van der Waals surface area contributed by atoms with Crippen molar-refractivity contribution in [1.82, 2.24) is 0 Å². The van der Waals surface area contributed by atoms with Crippen molar-refractivity contribution in [1.29, 1.82) is 0 Å². The largest absolute Gasteiger partial charge is 0.411 e. The van der Waals surface area contributed by atoms with Crippen molar-refractivity contribution < 1.29 is 45.5 Å². The summed E-state index contributed by atoms with van der Waals surface area (Å²) in [6, 6.07) is 3.40. The summed E-state index contributed by atoms with van der Waals surface area (Å²) in [5.74, 6) is -4.11. The summed E-state index contributed by atoms with van der Waals surface area (Å²) >= 11 is 0. The Labute approximate surface area is 300 Å².